The third kappa shape index (κ3) is 3.56. The van der Waals surface area contributed by atoms with E-state index in [9.17, 15) is 19.2 Å². The van der Waals surface area contributed by atoms with E-state index in [1.54, 1.807) is 13.8 Å². The molecule has 2 fully saturated rings. The summed E-state index contributed by atoms with van der Waals surface area (Å²) in [5.41, 5.74) is 0.0957. The monoisotopic (exact) mass is 401 g/mol. The Morgan fingerprint density at radius 1 is 1.17 bits per heavy atom. The van der Waals surface area contributed by atoms with Crippen LogP contribution < -0.4 is 10.9 Å². The summed E-state index contributed by atoms with van der Waals surface area (Å²) < 4.78 is 10.7. The van der Waals surface area contributed by atoms with Crippen LogP contribution in [0, 0.1) is 31.6 Å². The Kier molecular flexibility index (Phi) is 4.97. The second-order valence-corrected chi connectivity index (χ2v) is 7.93. The highest BCUT2D eigenvalue weighted by Gasteiger charge is 2.41. The van der Waals surface area contributed by atoms with Crippen LogP contribution >= 0.6 is 0 Å². The molecule has 0 saturated heterocycles. The third-order valence-corrected chi connectivity index (χ3v) is 5.98. The van der Waals surface area contributed by atoms with Crippen molar-refractivity contribution in [1.82, 2.24) is 10.2 Å². The van der Waals surface area contributed by atoms with Crippen LogP contribution in [0.25, 0.3) is 10.8 Å². The molecule has 2 aliphatic rings. The van der Waals surface area contributed by atoms with Crippen molar-refractivity contribution in [2.75, 3.05) is 11.9 Å². The van der Waals surface area contributed by atoms with Crippen molar-refractivity contribution in [3.05, 3.63) is 21.8 Å². The summed E-state index contributed by atoms with van der Waals surface area (Å²) in [5, 5.41) is 9.49. The van der Waals surface area contributed by atoms with Crippen molar-refractivity contribution in [3.63, 3.8) is 0 Å². The van der Waals surface area contributed by atoms with E-state index in [1.165, 1.54) is 0 Å². The summed E-state index contributed by atoms with van der Waals surface area (Å²) in [6, 6.07) is 0. The standard InChI is InChI=1S/C20H23N3O6/c1-9-15-10(2)29-19(16(15)18(26)23-22-9)21-14(24)8-28-20(27)13-6-11-4-3-5-12(7-13)17(11)25/h11-13H,3-8H2,1-2H3,(H,21,24)(H,23,26)/t11-,12+,13?. The fourth-order valence-electron chi connectivity index (χ4n) is 4.62. The van der Waals surface area contributed by atoms with Crippen LogP contribution in [0.15, 0.2) is 9.21 Å². The van der Waals surface area contributed by atoms with E-state index in [0.29, 0.717) is 29.7 Å². The Morgan fingerprint density at radius 2 is 1.86 bits per heavy atom. The van der Waals surface area contributed by atoms with Crippen LogP contribution in [0.1, 0.15) is 43.6 Å². The van der Waals surface area contributed by atoms with Gasteiger partial charge in [0.05, 0.1) is 17.0 Å². The van der Waals surface area contributed by atoms with Crippen molar-refractivity contribution in [2.45, 2.75) is 46.0 Å². The number of aryl methyl sites for hydroxylation is 2. The minimum atomic E-state index is -0.602. The zero-order chi connectivity index (χ0) is 20.7. The van der Waals surface area contributed by atoms with E-state index in [4.69, 9.17) is 9.15 Å². The number of carbonyl (C=O) groups excluding carboxylic acids is 3. The molecule has 2 aliphatic carbocycles. The highest BCUT2D eigenvalue weighted by molar-refractivity contribution is 6.02. The number of furan rings is 1. The number of ketones is 1. The highest BCUT2D eigenvalue weighted by Crippen LogP contribution is 2.40. The van der Waals surface area contributed by atoms with Gasteiger partial charge in [0.15, 0.2) is 6.61 Å². The molecule has 0 aromatic carbocycles. The number of carbonyl (C=O) groups is 3. The molecule has 154 valence electrons. The first-order valence-corrected chi connectivity index (χ1v) is 9.83. The molecule has 2 aromatic heterocycles. The number of hydrogen-bond acceptors (Lipinski definition) is 7. The number of esters is 1. The number of nitrogens with zero attached hydrogens (tertiary/aromatic N) is 1. The van der Waals surface area contributed by atoms with E-state index in [0.717, 1.165) is 19.3 Å². The van der Waals surface area contributed by atoms with Crippen LogP contribution in [-0.4, -0.2) is 34.5 Å². The SMILES string of the molecule is Cc1n[nH]c(=O)c2c(NC(=O)COC(=O)C3C[C@H]4CCC[C@@H](C3)C4=O)oc(C)c12. The van der Waals surface area contributed by atoms with Crippen molar-refractivity contribution >= 4 is 34.3 Å². The number of aromatic amines is 1. The van der Waals surface area contributed by atoms with Gasteiger partial charge in [0.2, 0.25) is 5.88 Å². The largest absolute Gasteiger partial charge is 0.455 e. The zero-order valence-electron chi connectivity index (χ0n) is 16.4. The van der Waals surface area contributed by atoms with E-state index in [1.807, 2.05) is 0 Å². The number of aromatic nitrogens is 2. The molecule has 2 heterocycles. The van der Waals surface area contributed by atoms with Crippen LogP contribution in [0.2, 0.25) is 0 Å². The van der Waals surface area contributed by atoms with E-state index in [2.05, 4.69) is 15.5 Å². The van der Waals surface area contributed by atoms with Crippen molar-refractivity contribution in [3.8, 4) is 0 Å². The maximum atomic E-state index is 12.4. The van der Waals surface area contributed by atoms with Gasteiger partial charge in [-0.1, -0.05) is 6.42 Å². The average molecular weight is 401 g/mol. The van der Waals surface area contributed by atoms with Gasteiger partial charge >= 0.3 is 5.97 Å². The van der Waals surface area contributed by atoms with Crippen molar-refractivity contribution in [2.24, 2.45) is 17.8 Å². The normalized spacial score (nSPS) is 23.8. The Bertz CT molecular complexity index is 1040. The van der Waals surface area contributed by atoms with Gasteiger partial charge in [-0.3, -0.25) is 24.5 Å². The second-order valence-electron chi connectivity index (χ2n) is 7.93. The molecule has 9 heteroatoms. The molecule has 29 heavy (non-hydrogen) atoms. The zero-order valence-corrected chi connectivity index (χ0v) is 16.4. The Hall–Kier alpha value is -2.97. The number of nitrogens with one attached hydrogen (secondary N) is 2. The van der Waals surface area contributed by atoms with Crippen LogP contribution in [0.5, 0.6) is 0 Å². The minimum Gasteiger partial charge on any atom is -0.455 e. The summed E-state index contributed by atoms with van der Waals surface area (Å²) >= 11 is 0. The summed E-state index contributed by atoms with van der Waals surface area (Å²) in [6.07, 6.45) is 3.68. The highest BCUT2D eigenvalue weighted by atomic mass is 16.5. The molecule has 0 spiro atoms. The number of H-pyrrole nitrogens is 1. The number of anilines is 1. The van der Waals surface area contributed by atoms with Gasteiger partial charge in [-0.05, 0) is 39.5 Å². The van der Waals surface area contributed by atoms with Crippen molar-refractivity contribution < 1.29 is 23.5 Å². The minimum absolute atomic E-state index is 0.00286. The smallest absolute Gasteiger partial charge is 0.309 e. The lowest BCUT2D eigenvalue weighted by molar-refractivity contribution is -0.155. The van der Waals surface area contributed by atoms with Gasteiger partial charge in [0.25, 0.3) is 11.5 Å². The Balaban J connectivity index is 1.39. The first kappa shape index (κ1) is 19.4. The molecule has 1 unspecified atom stereocenters. The molecular formula is C20H23N3O6. The summed E-state index contributed by atoms with van der Waals surface area (Å²) in [6.45, 7) is 2.91. The molecule has 2 N–H and O–H groups in total. The van der Waals surface area contributed by atoms with Crippen molar-refractivity contribution in [1.29, 1.82) is 0 Å². The lowest BCUT2D eigenvalue weighted by Gasteiger charge is -2.36. The number of amides is 1. The number of rotatable bonds is 4. The van der Waals surface area contributed by atoms with Crippen LogP contribution in [0.4, 0.5) is 5.88 Å². The quantitative estimate of drug-likeness (QED) is 0.749. The first-order chi connectivity index (χ1) is 13.8. The summed E-state index contributed by atoms with van der Waals surface area (Å²) in [4.78, 5) is 48.9. The van der Waals surface area contributed by atoms with Gasteiger partial charge in [-0.15, -0.1) is 0 Å². The molecule has 2 bridgehead atoms. The lowest BCUT2D eigenvalue weighted by atomic mass is 9.67. The van der Waals surface area contributed by atoms with E-state index in [-0.39, 0.29) is 34.8 Å². The lowest BCUT2D eigenvalue weighted by Crippen LogP contribution is -2.40. The summed E-state index contributed by atoms with van der Waals surface area (Å²) in [5.74, 6) is -0.792. The number of ether oxygens (including phenoxy) is 1. The average Bonchev–Trinajstić information content (AvgIpc) is 2.99. The van der Waals surface area contributed by atoms with Crippen LogP contribution in [0.3, 0.4) is 0 Å². The molecule has 0 aliphatic heterocycles. The molecule has 2 saturated carbocycles. The molecule has 3 atom stereocenters. The van der Waals surface area contributed by atoms with Gasteiger partial charge in [-0.25, -0.2) is 5.10 Å². The fourth-order valence-corrected chi connectivity index (χ4v) is 4.62. The first-order valence-electron chi connectivity index (χ1n) is 9.83. The molecule has 4 rings (SSSR count). The number of fused-ring (bicyclic) bond motifs is 3. The topological polar surface area (TPSA) is 131 Å². The van der Waals surface area contributed by atoms with E-state index >= 15 is 0 Å². The Labute approximate surface area is 166 Å². The van der Waals surface area contributed by atoms with Crippen LogP contribution in [-0.2, 0) is 19.1 Å². The van der Waals surface area contributed by atoms with Gasteiger partial charge in [0.1, 0.15) is 16.9 Å². The second kappa shape index (κ2) is 7.46. The van der Waals surface area contributed by atoms with E-state index < -0.39 is 24.0 Å². The predicted octanol–water partition coefficient (Wildman–Crippen LogP) is 2.01. The predicted molar refractivity (Wildman–Crippen MR) is 102 cm³/mol. The maximum absolute atomic E-state index is 12.4. The molecule has 9 nitrogen and oxygen atoms in total. The fraction of sp³-hybridized carbons (Fsp3) is 0.550. The number of hydrogen-bond donors (Lipinski definition) is 2. The molecule has 0 radical (unpaired) electrons. The molecule has 1 amide bonds. The summed E-state index contributed by atoms with van der Waals surface area (Å²) in [7, 11) is 0. The number of Topliss-reactive ketones (excluding diaryl/α,β-unsaturated/α-hetero) is 1. The Morgan fingerprint density at radius 3 is 2.55 bits per heavy atom. The molecule has 2 aromatic rings. The molecular weight excluding hydrogens is 378 g/mol. The maximum Gasteiger partial charge on any atom is 0.309 e. The van der Waals surface area contributed by atoms with Gasteiger partial charge in [-0.2, -0.15) is 5.10 Å². The van der Waals surface area contributed by atoms with Gasteiger partial charge < -0.3 is 9.15 Å². The third-order valence-electron chi connectivity index (χ3n) is 5.98. The van der Waals surface area contributed by atoms with Gasteiger partial charge in [0, 0.05) is 11.8 Å².